The Kier molecular flexibility index (Phi) is 3.77. The first kappa shape index (κ1) is 12.5. The zero-order valence-corrected chi connectivity index (χ0v) is 10.4. The van der Waals surface area contributed by atoms with Gasteiger partial charge in [0.15, 0.2) is 0 Å². The van der Waals surface area contributed by atoms with E-state index < -0.39 is 5.54 Å². The second-order valence-electron chi connectivity index (χ2n) is 5.19. The minimum absolute atomic E-state index is 0.115. The summed E-state index contributed by atoms with van der Waals surface area (Å²) in [6, 6.07) is 0. The normalized spacial score (nSPS) is 18.7. The van der Waals surface area contributed by atoms with E-state index in [1.54, 1.807) is 0 Å². The molecule has 0 aromatic heterocycles. The first-order chi connectivity index (χ1) is 6.96. The Morgan fingerprint density at radius 2 is 1.93 bits per heavy atom. The number of likely N-dealkylation sites (N-methyl/N-ethyl adjacent to an activating group) is 1. The second-order valence-corrected chi connectivity index (χ2v) is 5.19. The molecule has 0 radical (unpaired) electrons. The van der Waals surface area contributed by atoms with E-state index in [1.165, 1.54) is 19.3 Å². The van der Waals surface area contributed by atoms with E-state index in [4.69, 9.17) is 0 Å². The van der Waals surface area contributed by atoms with E-state index in [0.29, 0.717) is 5.41 Å². The molecule has 0 aromatic carbocycles. The van der Waals surface area contributed by atoms with Crippen LogP contribution in [-0.2, 0) is 4.79 Å². The molecule has 15 heavy (non-hydrogen) atoms. The fourth-order valence-electron chi connectivity index (χ4n) is 1.84. The molecule has 0 atom stereocenters. The van der Waals surface area contributed by atoms with E-state index in [-0.39, 0.29) is 5.91 Å². The van der Waals surface area contributed by atoms with Gasteiger partial charge in [-0.1, -0.05) is 13.8 Å². The van der Waals surface area contributed by atoms with E-state index in [9.17, 15) is 4.79 Å². The number of hydrogen-bond acceptors (Lipinski definition) is 2. The summed E-state index contributed by atoms with van der Waals surface area (Å²) in [4.78, 5) is 11.9. The molecule has 1 aliphatic carbocycles. The highest BCUT2D eigenvalue weighted by molar-refractivity contribution is 5.85. The standard InChI is InChI=1S/C12H24N2O/c1-5-12(7-8-12)9-13-10(15)11(3,4)14-6-2/h14H,5-9H2,1-4H3,(H,13,15). The Hall–Kier alpha value is -0.570. The predicted molar refractivity (Wildman–Crippen MR) is 62.7 cm³/mol. The first-order valence-electron chi connectivity index (χ1n) is 5.99. The Balaban J connectivity index is 2.35. The van der Waals surface area contributed by atoms with Crippen LogP contribution in [0, 0.1) is 5.41 Å². The lowest BCUT2D eigenvalue weighted by Gasteiger charge is -2.25. The van der Waals surface area contributed by atoms with Crippen molar-refractivity contribution in [1.82, 2.24) is 10.6 Å². The summed E-state index contributed by atoms with van der Waals surface area (Å²) in [5, 5.41) is 6.24. The number of nitrogens with one attached hydrogen (secondary N) is 2. The van der Waals surface area contributed by atoms with Gasteiger partial charge in [-0.15, -0.1) is 0 Å². The number of rotatable bonds is 6. The van der Waals surface area contributed by atoms with Crippen molar-refractivity contribution in [2.75, 3.05) is 13.1 Å². The molecule has 88 valence electrons. The lowest BCUT2D eigenvalue weighted by Crippen LogP contribution is -2.53. The molecule has 2 N–H and O–H groups in total. The van der Waals surface area contributed by atoms with Crippen molar-refractivity contribution < 1.29 is 4.79 Å². The lowest BCUT2D eigenvalue weighted by molar-refractivity contribution is -0.126. The monoisotopic (exact) mass is 212 g/mol. The first-order valence-corrected chi connectivity index (χ1v) is 5.99. The maximum atomic E-state index is 11.9. The largest absolute Gasteiger partial charge is 0.354 e. The summed E-state index contributed by atoms with van der Waals surface area (Å²) in [7, 11) is 0. The van der Waals surface area contributed by atoms with Crippen molar-refractivity contribution in [2.24, 2.45) is 5.41 Å². The fourth-order valence-corrected chi connectivity index (χ4v) is 1.84. The molecule has 1 rings (SSSR count). The summed E-state index contributed by atoms with van der Waals surface area (Å²) in [5.74, 6) is 0.115. The SMILES string of the molecule is CCNC(C)(C)C(=O)NCC1(CC)CC1. The molecule has 1 fully saturated rings. The number of carbonyl (C=O) groups is 1. The van der Waals surface area contributed by atoms with Gasteiger partial charge >= 0.3 is 0 Å². The zero-order valence-electron chi connectivity index (χ0n) is 10.4. The van der Waals surface area contributed by atoms with E-state index in [1.807, 2.05) is 20.8 Å². The van der Waals surface area contributed by atoms with Crippen LogP contribution in [0.5, 0.6) is 0 Å². The van der Waals surface area contributed by atoms with Crippen molar-refractivity contribution >= 4 is 5.91 Å². The topological polar surface area (TPSA) is 41.1 Å². The number of hydrogen-bond donors (Lipinski definition) is 2. The molecule has 1 aliphatic rings. The minimum Gasteiger partial charge on any atom is -0.354 e. The smallest absolute Gasteiger partial charge is 0.239 e. The summed E-state index contributed by atoms with van der Waals surface area (Å²) in [6.07, 6.45) is 3.71. The highest BCUT2D eigenvalue weighted by Crippen LogP contribution is 2.47. The Labute approximate surface area is 93.0 Å². The Bertz CT molecular complexity index is 232. The maximum Gasteiger partial charge on any atom is 0.239 e. The molecule has 1 amide bonds. The molecule has 0 aliphatic heterocycles. The number of amides is 1. The highest BCUT2D eigenvalue weighted by Gasteiger charge is 2.41. The second kappa shape index (κ2) is 4.52. The Morgan fingerprint density at radius 3 is 2.33 bits per heavy atom. The van der Waals surface area contributed by atoms with Crippen LogP contribution < -0.4 is 10.6 Å². The van der Waals surface area contributed by atoms with E-state index in [0.717, 1.165) is 13.1 Å². The van der Waals surface area contributed by atoms with Crippen molar-refractivity contribution in [2.45, 2.75) is 52.5 Å². The van der Waals surface area contributed by atoms with Crippen LogP contribution in [0.1, 0.15) is 47.0 Å². The van der Waals surface area contributed by atoms with Crippen LogP contribution in [0.15, 0.2) is 0 Å². The molecule has 0 spiro atoms. The van der Waals surface area contributed by atoms with Crippen LogP contribution in [-0.4, -0.2) is 24.5 Å². The molecule has 0 aromatic rings. The van der Waals surface area contributed by atoms with Gasteiger partial charge in [0.1, 0.15) is 0 Å². The minimum atomic E-state index is -0.446. The summed E-state index contributed by atoms with van der Waals surface area (Å²) >= 11 is 0. The van der Waals surface area contributed by atoms with Crippen molar-refractivity contribution in [3.63, 3.8) is 0 Å². The van der Waals surface area contributed by atoms with Crippen molar-refractivity contribution in [1.29, 1.82) is 0 Å². The predicted octanol–water partition coefficient (Wildman–Crippen LogP) is 1.68. The van der Waals surface area contributed by atoms with Gasteiger partial charge in [0, 0.05) is 6.54 Å². The van der Waals surface area contributed by atoms with Gasteiger partial charge in [-0.2, -0.15) is 0 Å². The Morgan fingerprint density at radius 1 is 1.33 bits per heavy atom. The van der Waals surface area contributed by atoms with Crippen LogP contribution in [0.4, 0.5) is 0 Å². The summed E-state index contributed by atoms with van der Waals surface area (Å²) in [6.45, 7) is 9.74. The van der Waals surface area contributed by atoms with Gasteiger partial charge in [0.25, 0.3) is 0 Å². The highest BCUT2D eigenvalue weighted by atomic mass is 16.2. The quantitative estimate of drug-likeness (QED) is 0.703. The van der Waals surface area contributed by atoms with Crippen LogP contribution >= 0.6 is 0 Å². The van der Waals surface area contributed by atoms with Crippen LogP contribution in [0.2, 0.25) is 0 Å². The molecule has 3 heteroatoms. The third kappa shape index (κ3) is 3.20. The van der Waals surface area contributed by atoms with Gasteiger partial charge in [-0.3, -0.25) is 4.79 Å². The zero-order chi connectivity index (χ0) is 11.5. The van der Waals surface area contributed by atoms with Crippen LogP contribution in [0.3, 0.4) is 0 Å². The lowest BCUT2D eigenvalue weighted by atomic mass is 10.0. The van der Waals surface area contributed by atoms with Crippen molar-refractivity contribution in [3.05, 3.63) is 0 Å². The molecule has 0 unspecified atom stereocenters. The molecule has 0 bridgehead atoms. The molecule has 1 saturated carbocycles. The molecule has 0 saturated heterocycles. The summed E-state index contributed by atoms with van der Waals surface area (Å²) < 4.78 is 0. The van der Waals surface area contributed by atoms with Crippen molar-refractivity contribution in [3.8, 4) is 0 Å². The third-order valence-electron chi connectivity index (χ3n) is 3.52. The van der Waals surface area contributed by atoms with E-state index in [2.05, 4.69) is 17.6 Å². The van der Waals surface area contributed by atoms with E-state index >= 15 is 0 Å². The molecule has 3 nitrogen and oxygen atoms in total. The van der Waals surface area contributed by atoms with Gasteiger partial charge < -0.3 is 10.6 Å². The maximum absolute atomic E-state index is 11.9. The molecule has 0 heterocycles. The molecular formula is C12H24N2O. The van der Waals surface area contributed by atoms with Gasteiger partial charge in [0.05, 0.1) is 5.54 Å². The van der Waals surface area contributed by atoms with Gasteiger partial charge in [-0.25, -0.2) is 0 Å². The summed E-state index contributed by atoms with van der Waals surface area (Å²) in [5.41, 5.74) is -0.0173. The average Bonchev–Trinajstić information content (AvgIpc) is 2.95. The average molecular weight is 212 g/mol. The third-order valence-corrected chi connectivity index (χ3v) is 3.52. The van der Waals surface area contributed by atoms with Gasteiger partial charge in [0.2, 0.25) is 5.91 Å². The van der Waals surface area contributed by atoms with Gasteiger partial charge in [-0.05, 0) is 45.1 Å². The van der Waals surface area contributed by atoms with Crippen LogP contribution in [0.25, 0.3) is 0 Å². The molecular weight excluding hydrogens is 188 g/mol. The number of carbonyl (C=O) groups excluding carboxylic acids is 1. The fraction of sp³-hybridized carbons (Fsp3) is 0.917.